The summed E-state index contributed by atoms with van der Waals surface area (Å²) in [4.78, 5) is 7.28. The van der Waals surface area contributed by atoms with Crippen molar-refractivity contribution in [3.05, 3.63) is 47.2 Å². The van der Waals surface area contributed by atoms with Gasteiger partial charge in [0.05, 0.1) is 19.8 Å². The van der Waals surface area contributed by atoms with Crippen molar-refractivity contribution in [1.29, 1.82) is 0 Å². The maximum absolute atomic E-state index is 5.44. The predicted molar refractivity (Wildman–Crippen MR) is 124 cm³/mol. The quantitative estimate of drug-likeness (QED) is 0.483. The third kappa shape index (κ3) is 5.31. The normalized spacial score (nSPS) is 21.5. The highest BCUT2D eigenvalue weighted by Crippen LogP contribution is 2.32. The van der Waals surface area contributed by atoms with Crippen LogP contribution in [0.1, 0.15) is 31.2 Å². The lowest BCUT2D eigenvalue weighted by Gasteiger charge is -2.33. The minimum atomic E-state index is 0.402. The Morgan fingerprint density at radius 3 is 2.94 bits per heavy atom. The minimum absolute atomic E-state index is 0.402. The minimum Gasteiger partial charge on any atom is -0.379 e. The molecule has 1 saturated heterocycles. The predicted octanol–water partition coefficient (Wildman–Crippen LogP) is 3.11. The molecule has 7 nitrogen and oxygen atoms in total. The molecule has 2 aromatic rings. The van der Waals surface area contributed by atoms with Gasteiger partial charge in [-0.05, 0) is 49.9 Å². The lowest BCUT2D eigenvalue weighted by atomic mass is 9.91. The van der Waals surface area contributed by atoms with E-state index in [4.69, 9.17) is 14.8 Å². The van der Waals surface area contributed by atoms with E-state index in [1.165, 1.54) is 36.1 Å². The molecule has 0 amide bonds. The number of hydrogen-bond acceptors (Lipinski definition) is 7. The third-order valence-electron chi connectivity index (χ3n) is 6.30. The van der Waals surface area contributed by atoms with Crippen molar-refractivity contribution in [3.63, 3.8) is 0 Å². The monoisotopic (exact) mass is 440 g/mol. The molecule has 1 unspecified atom stereocenters. The van der Waals surface area contributed by atoms with Gasteiger partial charge in [0.25, 0.3) is 0 Å². The first-order chi connectivity index (χ1) is 15.3. The van der Waals surface area contributed by atoms with E-state index in [9.17, 15) is 0 Å². The second-order valence-electron chi connectivity index (χ2n) is 8.50. The van der Waals surface area contributed by atoms with E-state index in [-0.39, 0.29) is 0 Å². The van der Waals surface area contributed by atoms with Crippen LogP contribution in [0.2, 0.25) is 0 Å². The molecule has 166 valence electrons. The van der Waals surface area contributed by atoms with Crippen molar-refractivity contribution in [2.45, 2.75) is 49.2 Å². The van der Waals surface area contributed by atoms with E-state index in [0.29, 0.717) is 6.04 Å². The summed E-state index contributed by atoms with van der Waals surface area (Å²) < 4.78 is 7.48. The fraction of sp³-hybridized carbons (Fsp3) is 0.565. The number of benzene rings is 1. The maximum Gasteiger partial charge on any atom is 0.226 e. The summed E-state index contributed by atoms with van der Waals surface area (Å²) in [6.07, 6.45) is 4.75. The van der Waals surface area contributed by atoms with E-state index in [1.807, 2.05) is 4.68 Å². The zero-order valence-corrected chi connectivity index (χ0v) is 18.9. The number of morpholine rings is 1. The van der Waals surface area contributed by atoms with Gasteiger partial charge in [0.1, 0.15) is 0 Å². The Hall–Kier alpha value is -1.87. The fourth-order valence-corrected chi connectivity index (χ4v) is 5.40. The zero-order valence-electron chi connectivity index (χ0n) is 18.1. The van der Waals surface area contributed by atoms with Gasteiger partial charge in [0, 0.05) is 30.6 Å². The lowest BCUT2D eigenvalue weighted by molar-refractivity contribution is 0.0374. The van der Waals surface area contributed by atoms with E-state index in [2.05, 4.69) is 45.9 Å². The fourth-order valence-electron chi connectivity index (χ4n) is 4.60. The van der Waals surface area contributed by atoms with Gasteiger partial charge < -0.3 is 15.4 Å². The third-order valence-corrected chi connectivity index (χ3v) is 7.21. The molecule has 0 saturated carbocycles. The Morgan fingerprint density at radius 1 is 1.19 bits per heavy atom. The number of allylic oxidation sites excluding steroid dienone is 1. The van der Waals surface area contributed by atoms with Crippen LogP contribution in [-0.4, -0.2) is 65.1 Å². The standard InChI is InChI=1S/C23H32N6OS/c1-2-6-18(7-3-1)17-31-23-26-22-25-21-19(16-29(22)27-23)8-4-9-20(21)24-10-5-11-28-12-14-30-15-13-28/h1-3,6-7,20,24H,4-5,8-17H2,(H,25,26,27). The molecule has 3 heterocycles. The van der Waals surface area contributed by atoms with E-state index in [0.717, 1.165) is 69.2 Å². The largest absolute Gasteiger partial charge is 0.379 e. The van der Waals surface area contributed by atoms with Crippen LogP contribution in [0.5, 0.6) is 0 Å². The van der Waals surface area contributed by atoms with Crippen LogP contribution >= 0.6 is 11.8 Å². The Balaban J connectivity index is 1.15. The molecule has 1 atom stereocenters. The van der Waals surface area contributed by atoms with Gasteiger partial charge in [-0.2, -0.15) is 4.98 Å². The van der Waals surface area contributed by atoms with Crippen LogP contribution in [-0.2, 0) is 17.0 Å². The van der Waals surface area contributed by atoms with Crippen molar-refractivity contribution in [2.24, 2.45) is 0 Å². The van der Waals surface area contributed by atoms with Gasteiger partial charge in [0.2, 0.25) is 11.1 Å². The summed E-state index contributed by atoms with van der Waals surface area (Å²) in [5.41, 5.74) is 4.12. The van der Waals surface area contributed by atoms with E-state index < -0.39 is 0 Å². The molecular weight excluding hydrogens is 408 g/mol. The first-order valence-corrected chi connectivity index (χ1v) is 12.5. The molecule has 31 heavy (non-hydrogen) atoms. The van der Waals surface area contributed by atoms with Crippen molar-refractivity contribution >= 4 is 17.7 Å². The summed E-state index contributed by atoms with van der Waals surface area (Å²) in [6, 6.07) is 10.9. The van der Waals surface area contributed by atoms with Crippen LogP contribution in [0, 0.1) is 0 Å². The number of hydrogen-bond donors (Lipinski definition) is 2. The van der Waals surface area contributed by atoms with Gasteiger partial charge >= 0.3 is 0 Å². The van der Waals surface area contributed by atoms with Crippen molar-refractivity contribution in [2.75, 3.05) is 44.7 Å². The molecule has 1 aliphatic carbocycles. The van der Waals surface area contributed by atoms with Crippen molar-refractivity contribution in [3.8, 4) is 0 Å². The number of rotatable bonds is 8. The van der Waals surface area contributed by atoms with Gasteiger partial charge in [-0.1, -0.05) is 42.1 Å². The lowest BCUT2D eigenvalue weighted by Crippen LogP contribution is -2.41. The molecule has 8 heteroatoms. The van der Waals surface area contributed by atoms with Crippen LogP contribution in [0.3, 0.4) is 0 Å². The average molecular weight is 441 g/mol. The van der Waals surface area contributed by atoms with Crippen molar-refractivity contribution in [1.82, 2.24) is 25.0 Å². The summed E-state index contributed by atoms with van der Waals surface area (Å²) in [5.74, 6) is 1.78. The van der Waals surface area contributed by atoms with E-state index >= 15 is 0 Å². The second kappa shape index (κ2) is 10.2. The Bertz CT molecular complexity index is 893. The number of anilines is 1. The summed E-state index contributed by atoms with van der Waals surface area (Å²) >= 11 is 1.70. The SMILES string of the molecule is c1ccc(CSc2nc3n(n2)CC2=C(N3)C(NCCCN3CCOCC3)CCC2)cc1. The smallest absolute Gasteiger partial charge is 0.226 e. The Labute approximate surface area is 188 Å². The number of aromatic nitrogens is 3. The highest BCUT2D eigenvalue weighted by molar-refractivity contribution is 7.98. The van der Waals surface area contributed by atoms with Gasteiger partial charge in [-0.15, -0.1) is 5.10 Å². The number of fused-ring (bicyclic) bond motifs is 1. The van der Waals surface area contributed by atoms with Gasteiger partial charge in [0.15, 0.2) is 0 Å². The van der Waals surface area contributed by atoms with Crippen LogP contribution in [0.15, 0.2) is 46.8 Å². The summed E-state index contributed by atoms with van der Waals surface area (Å²) in [5, 5.41) is 13.0. The molecule has 2 aliphatic heterocycles. The van der Waals surface area contributed by atoms with Crippen LogP contribution in [0.4, 0.5) is 5.95 Å². The highest BCUT2D eigenvalue weighted by Gasteiger charge is 2.29. The highest BCUT2D eigenvalue weighted by atomic mass is 32.2. The topological polar surface area (TPSA) is 67.2 Å². The first-order valence-electron chi connectivity index (χ1n) is 11.5. The zero-order chi connectivity index (χ0) is 20.9. The van der Waals surface area contributed by atoms with E-state index in [1.54, 1.807) is 11.8 Å². The molecule has 0 spiro atoms. The molecule has 0 bridgehead atoms. The number of thioether (sulfide) groups is 1. The number of ether oxygens (including phenoxy) is 1. The molecular formula is C23H32N6OS. The van der Waals surface area contributed by atoms with Gasteiger partial charge in [-0.25, -0.2) is 4.68 Å². The molecule has 1 aromatic heterocycles. The first kappa shape index (κ1) is 21.0. The summed E-state index contributed by atoms with van der Waals surface area (Å²) in [7, 11) is 0. The van der Waals surface area contributed by atoms with Gasteiger partial charge in [-0.3, -0.25) is 4.90 Å². The molecule has 2 N–H and O–H groups in total. The Morgan fingerprint density at radius 2 is 2.06 bits per heavy atom. The number of nitrogens with one attached hydrogen (secondary N) is 2. The average Bonchev–Trinajstić information content (AvgIpc) is 3.22. The molecule has 5 rings (SSSR count). The van der Waals surface area contributed by atoms with Crippen molar-refractivity contribution < 1.29 is 4.74 Å². The number of nitrogens with zero attached hydrogens (tertiary/aromatic N) is 4. The Kier molecular flexibility index (Phi) is 6.89. The maximum atomic E-state index is 5.44. The molecule has 1 fully saturated rings. The molecule has 0 radical (unpaired) electrons. The van der Waals surface area contributed by atoms with Crippen LogP contribution < -0.4 is 10.6 Å². The summed E-state index contributed by atoms with van der Waals surface area (Å²) in [6.45, 7) is 6.96. The molecule has 3 aliphatic rings. The molecule has 1 aromatic carbocycles. The second-order valence-corrected chi connectivity index (χ2v) is 9.44. The van der Waals surface area contributed by atoms with Crippen LogP contribution in [0.25, 0.3) is 0 Å².